The summed E-state index contributed by atoms with van der Waals surface area (Å²) in [5, 5.41) is 0.518. The molecule has 168 valence electrons. The third-order valence-electron chi connectivity index (χ3n) is 5.14. The number of aromatic amines is 1. The molecule has 1 aromatic carbocycles. The van der Waals surface area contributed by atoms with Gasteiger partial charge in [-0.2, -0.15) is 0 Å². The second-order valence-electron chi connectivity index (χ2n) is 7.22. The number of nitrogens with zero attached hydrogens (tertiary/aromatic N) is 1. The average molecular weight is 472 g/mol. The van der Waals surface area contributed by atoms with Crippen LogP contribution in [0.2, 0.25) is 0 Å². The van der Waals surface area contributed by atoms with Crippen molar-refractivity contribution in [3.05, 3.63) is 48.3 Å². The van der Waals surface area contributed by atoms with Gasteiger partial charge >= 0.3 is 0 Å². The van der Waals surface area contributed by atoms with Crippen LogP contribution in [-0.2, 0) is 19.9 Å². The lowest BCUT2D eigenvalue weighted by molar-refractivity contribution is 0.147. The number of hydrogen-bond donors (Lipinski definition) is 2. The number of alkyl halides is 2. The average Bonchev–Trinajstić information content (AvgIpc) is 3.14. The van der Waals surface area contributed by atoms with Gasteiger partial charge in [-0.3, -0.25) is 0 Å². The Labute approximate surface area is 179 Å². The molecule has 0 spiro atoms. The van der Waals surface area contributed by atoms with Crippen molar-refractivity contribution < 1.29 is 25.6 Å². The van der Waals surface area contributed by atoms with Gasteiger partial charge in [0.15, 0.2) is 0 Å². The number of nitrogens with one attached hydrogen (secondary N) is 2. The van der Waals surface area contributed by atoms with Gasteiger partial charge in [-0.05, 0) is 48.2 Å². The zero-order chi connectivity index (χ0) is 21.5. The molecule has 0 bridgehead atoms. The van der Waals surface area contributed by atoms with E-state index >= 15 is 0 Å². The van der Waals surface area contributed by atoms with Gasteiger partial charge in [0.05, 0.1) is 22.1 Å². The fraction of sp³-hybridized carbons (Fsp3) is 0.350. The Hall–Kier alpha value is -2.37. The Morgan fingerprint density at radius 2 is 1.74 bits per heavy atom. The molecular formula is C20H23F2N3O4S2. The summed E-state index contributed by atoms with van der Waals surface area (Å²) >= 11 is 0. The number of fused-ring (bicyclic) bond motifs is 1. The van der Waals surface area contributed by atoms with E-state index in [1.807, 2.05) is 0 Å². The van der Waals surface area contributed by atoms with Crippen LogP contribution in [-0.4, -0.2) is 44.4 Å². The highest BCUT2D eigenvalue weighted by Gasteiger charge is 2.27. The molecule has 1 fully saturated rings. The Balaban J connectivity index is 0.00000272. The van der Waals surface area contributed by atoms with Crippen LogP contribution in [0.3, 0.4) is 0 Å². The van der Waals surface area contributed by atoms with Crippen LogP contribution >= 0.6 is 0 Å². The van der Waals surface area contributed by atoms with E-state index in [-0.39, 0.29) is 42.4 Å². The molecule has 1 aliphatic rings. The lowest BCUT2D eigenvalue weighted by atomic mass is 10.0. The molecular weight excluding hydrogens is 448 g/mol. The van der Waals surface area contributed by atoms with Crippen molar-refractivity contribution in [3.8, 4) is 11.1 Å². The minimum Gasteiger partial charge on any atom is -0.338 e. The molecule has 3 aromatic rings. The molecule has 3 heterocycles. The topological polar surface area (TPSA) is 109 Å². The molecule has 7 nitrogen and oxygen atoms in total. The maximum absolute atomic E-state index is 13.0. The van der Waals surface area contributed by atoms with Crippen LogP contribution in [0, 0.1) is 0 Å². The molecule has 2 N–H and O–H groups in total. The molecule has 0 unspecified atom stereocenters. The number of aromatic nitrogens is 2. The Kier molecular flexibility index (Phi) is 6.49. The first-order chi connectivity index (χ1) is 14.1. The highest BCUT2D eigenvalue weighted by molar-refractivity contribution is 7.91. The fourth-order valence-electron chi connectivity index (χ4n) is 3.53. The predicted octanol–water partition coefficient (Wildman–Crippen LogP) is 3.66. The number of sulfonamides is 1. The van der Waals surface area contributed by atoms with E-state index < -0.39 is 32.3 Å². The lowest BCUT2D eigenvalue weighted by Gasteiger charge is -2.22. The van der Waals surface area contributed by atoms with Crippen molar-refractivity contribution in [2.24, 2.45) is 0 Å². The number of halogens is 2. The van der Waals surface area contributed by atoms with Gasteiger partial charge in [0.2, 0.25) is 10.0 Å². The van der Waals surface area contributed by atoms with Gasteiger partial charge in [0.25, 0.3) is 6.43 Å². The Morgan fingerprint density at radius 3 is 2.35 bits per heavy atom. The SMILES string of the molecule is C.O=S1(=O)CCC(NS(=O)(=O)c2ccc(-c3ccnc4[nH]c(C(F)F)cc34)cc2)CC1. The van der Waals surface area contributed by atoms with E-state index in [2.05, 4.69) is 14.7 Å². The highest BCUT2D eigenvalue weighted by Crippen LogP contribution is 2.31. The molecule has 2 aromatic heterocycles. The number of hydrogen-bond acceptors (Lipinski definition) is 5. The minimum atomic E-state index is -3.81. The molecule has 11 heteroatoms. The summed E-state index contributed by atoms with van der Waals surface area (Å²) in [4.78, 5) is 6.70. The second-order valence-corrected chi connectivity index (χ2v) is 11.2. The fourth-order valence-corrected chi connectivity index (χ4v) is 6.32. The maximum Gasteiger partial charge on any atom is 0.278 e. The molecule has 0 aliphatic carbocycles. The Bertz CT molecular complexity index is 1270. The van der Waals surface area contributed by atoms with E-state index in [1.165, 1.54) is 24.4 Å². The first-order valence-corrected chi connectivity index (χ1v) is 12.5. The predicted molar refractivity (Wildman–Crippen MR) is 115 cm³/mol. The third-order valence-corrected chi connectivity index (χ3v) is 8.39. The maximum atomic E-state index is 13.0. The molecule has 1 aliphatic heterocycles. The third kappa shape index (κ3) is 4.94. The summed E-state index contributed by atoms with van der Waals surface area (Å²) in [6, 6.07) is 8.66. The van der Waals surface area contributed by atoms with Crippen molar-refractivity contribution in [1.29, 1.82) is 0 Å². The number of sulfone groups is 1. The molecule has 4 rings (SSSR count). The van der Waals surface area contributed by atoms with Gasteiger partial charge in [-0.1, -0.05) is 19.6 Å². The first kappa shape index (κ1) is 23.3. The zero-order valence-electron chi connectivity index (χ0n) is 15.7. The van der Waals surface area contributed by atoms with Crippen molar-refractivity contribution in [1.82, 2.24) is 14.7 Å². The van der Waals surface area contributed by atoms with E-state index in [0.29, 0.717) is 22.2 Å². The van der Waals surface area contributed by atoms with Crippen LogP contribution in [0.4, 0.5) is 8.78 Å². The van der Waals surface area contributed by atoms with Gasteiger partial charge in [0.1, 0.15) is 15.5 Å². The van der Waals surface area contributed by atoms with E-state index in [4.69, 9.17) is 0 Å². The van der Waals surface area contributed by atoms with Crippen LogP contribution in [0.15, 0.2) is 47.5 Å². The van der Waals surface area contributed by atoms with Crippen molar-refractivity contribution >= 4 is 30.9 Å². The molecule has 0 atom stereocenters. The van der Waals surface area contributed by atoms with Crippen LogP contribution in [0.1, 0.15) is 32.4 Å². The molecule has 0 saturated carbocycles. The summed E-state index contributed by atoms with van der Waals surface area (Å²) < 4.78 is 76.9. The van der Waals surface area contributed by atoms with Gasteiger partial charge < -0.3 is 4.98 Å². The largest absolute Gasteiger partial charge is 0.338 e. The minimum absolute atomic E-state index is 0. The summed E-state index contributed by atoms with van der Waals surface area (Å²) in [6.45, 7) is 0. The standard InChI is InChI=1S/C19H19F2N3O4S2.CH4/c20-18(21)17-11-16-15(5-8-22-19(16)23-17)12-1-3-14(4-2-12)30(27,28)24-13-6-9-29(25,26)10-7-13;/h1-5,8,11,13,18,24H,6-7,9-10H2,(H,22,23);1H4. The van der Waals surface area contributed by atoms with E-state index in [0.717, 1.165) is 0 Å². The van der Waals surface area contributed by atoms with Gasteiger partial charge in [-0.25, -0.2) is 35.3 Å². The number of rotatable bonds is 5. The van der Waals surface area contributed by atoms with Crippen LogP contribution in [0.5, 0.6) is 0 Å². The van der Waals surface area contributed by atoms with Crippen molar-refractivity contribution in [3.63, 3.8) is 0 Å². The normalized spacial score (nSPS) is 17.0. The smallest absolute Gasteiger partial charge is 0.278 e. The van der Waals surface area contributed by atoms with Gasteiger partial charge in [-0.15, -0.1) is 0 Å². The summed E-state index contributed by atoms with van der Waals surface area (Å²) in [7, 11) is -6.89. The van der Waals surface area contributed by atoms with E-state index in [1.54, 1.807) is 18.2 Å². The van der Waals surface area contributed by atoms with Gasteiger partial charge in [0, 0.05) is 17.6 Å². The van der Waals surface area contributed by atoms with Crippen LogP contribution in [0.25, 0.3) is 22.2 Å². The molecule has 0 radical (unpaired) electrons. The second kappa shape index (κ2) is 8.64. The molecule has 0 amide bonds. The monoisotopic (exact) mass is 471 g/mol. The van der Waals surface area contributed by atoms with E-state index in [9.17, 15) is 25.6 Å². The first-order valence-electron chi connectivity index (χ1n) is 9.24. The lowest BCUT2D eigenvalue weighted by Crippen LogP contribution is -2.40. The summed E-state index contributed by atoms with van der Waals surface area (Å²) in [6.07, 6.45) is -0.670. The highest BCUT2D eigenvalue weighted by atomic mass is 32.2. The van der Waals surface area contributed by atoms with Crippen molar-refractivity contribution in [2.75, 3.05) is 11.5 Å². The zero-order valence-corrected chi connectivity index (χ0v) is 17.3. The number of pyridine rings is 1. The number of H-pyrrole nitrogens is 1. The number of benzene rings is 1. The quantitative estimate of drug-likeness (QED) is 0.590. The molecule has 31 heavy (non-hydrogen) atoms. The van der Waals surface area contributed by atoms with Crippen LogP contribution < -0.4 is 4.72 Å². The summed E-state index contributed by atoms with van der Waals surface area (Å²) in [5.41, 5.74) is 1.40. The Morgan fingerprint density at radius 1 is 1.10 bits per heavy atom. The van der Waals surface area contributed by atoms with Crippen molar-refractivity contribution in [2.45, 2.75) is 37.6 Å². The molecule has 1 saturated heterocycles. The summed E-state index contributed by atoms with van der Waals surface area (Å²) in [5.74, 6) is -0.0666.